The van der Waals surface area contributed by atoms with E-state index in [1.165, 1.54) is 25.6 Å². The van der Waals surface area contributed by atoms with Crippen LogP contribution in [0, 0.1) is 11.6 Å². The van der Waals surface area contributed by atoms with E-state index >= 15 is 4.39 Å². The van der Waals surface area contributed by atoms with Gasteiger partial charge in [0.15, 0.2) is 23.0 Å². The van der Waals surface area contributed by atoms with Crippen molar-refractivity contribution in [3.63, 3.8) is 0 Å². The number of fused-ring (bicyclic) bond motifs is 1. The molecule has 0 spiro atoms. The number of benzene rings is 1. The molecular weight excluding hydrogens is 552 g/mol. The first-order valence-electron chi connectivity index (χ1n) is 12.9. The smallest absolute Gasteiger partial charge is 0.201 e. The molecule has 1 saturated heterocycles. The van der Waals surface area contributed by atoms with E-state index in [1.807, 2.05) is 16.7 Å². The highest BCUT2D eigenvalue weighted by atomic mass is 35.5. The quantitative estimate of drug-likeness (QED) is 0.283. The van der Waals surface area contributed by atoms with E-state index in [2.05, 4.69) is 29.8 Å². The average Bonchev–Trinajstić information content (AvgIpc) is 3.38. The number of imidazole rings is 1. The predicted molar refractivity (Wildman–Crippen MR) is 152 cm³/mol. The number of ether oxygens (including phenoxy) is 1. The Hall–Kier alpha value is -4.42. The number of halogens is 3. The number of nitrogens with two attached hydrogens (primary N) is 2. The molecule has 0 radical (unpaired) electrons. The minimum absolute atomic E-state index is 0.00750. The largest absolute Gasteiger partial charge is 0.494 e. The minimum atomic E-state index is -1.08. The Balaban J connectivity index is 1.44. The van der Waals surface area contributed by atoms with E-state index in [-0.39, 0.29) is 22.8 Å². The second kappa shape index (κ2) is 10.5. The average molecular weight is 578 g/mol. The third kappa shape index (κ3) is 4.89. The second-order valence-corrected chi connectivity index (χ2v) is 10.4. The lowest BCUT2D eigenvalue weighted by molar-refractivity contribution is 0.345. The Morgan fingerprint density at radius 2 is 1.95 bits per heavy atom. The fourth-order valence-corrected chi connectivity index (χ4v) is 5.48. The van der Waals surface area contributed by atoms with Gasteiger partial charge in [-0.3, -0.25) is 4.98 Å². The lowest BCUT2D eigenvalue weighted by Gasteiger charge is -2.41. The van der Waals surface area contributed by atoms with Crippen LogP contribution in [0.4, 0.5) is 20.3 Å². The summed E-state index contributed by atoms with van der Waals surface area (Å²) in [7, 11) is 1.28. The molecule has 41 heavy (non-hydrogen) atoms. The molecule has 0 amide bonds. The van der Waals surface area contributed by atoms with Crippen LogP contribution in [-0.2, 0) is 12.1 Å². The molecule has 5 heterocycles. The molecule has 5 aromatic rings. The van der Waals surface area contributed by atoms with Gasteiger partial charge in [0.05, 0.1) is 48.8 Å². The van der Waals surface area contributed by atoms with Crippen molar-refractivity contribution in [1.29, 1.82) is 0 Å². The Morgan fingerprint density at radius 1 is 1.10 bits per heavy atom. The maximum absolute atomic E-state index is 15.1. The van der Waals surface area contributed by atoms with Gasteiger partial charge in [0.1, 0.15) is 17.0 Å². The summed E-state index contributed by atoms with van der Waals surface area (Å²) in [5.41, 5.74) is 15.7. The number of nitrogen functional groups attached to an aromatic ring is 1. The van der Waals surface area contributed by atoms with Crippen molar-refractivity contribution in [2.45, 2.75) is 24.9 Å². The van der Waals surface area contributed by atoms with Gasteiger partial charge in [0.2, 0.25) is 5.82 Å². The molecule has 4 aromatic heterocycles. The van der Waals surface area contributed by atoms with Gasteiger partial charge in [-0.25, -0.2) is 24.3 Å². The molecule has 0 unspecified atom stereocenters. The molecule has 1 atom stereocenters. The maximum Gasteiger partial charge on any atom is 0.201 e. The topological polar surface area (TPSA) is 134 Å². The van der Waals surface area contributed by atoms with Crippen LogP contribution < -0.4 is 21.1 Å². The molecule has 4 N–H and O–H groups in total. The number of nitrogens with zero attached hydrogens (tertiary/aromatic N) is 7. The number of rotatable bonds is 6. The lowest BCUT2D eigenvalue weighted by Crippen LogP contribution is -2.52. The first kappa shape index (κ1) is 26.8. The van der Waals surface area contributed by atoms with Crippen LogP contribution in [0.1, 0.15) is 24.1 Å². The van der Waals surface area contributed by atoms with Gasteiger partial charge in [-0.1, -0.05) is 17.7 Å². The minimum Gasteiger partial charge on any atom is -0.494 e. The monoisotopic (exact) mass is 577 g/mol. The van der Waals surface area contributed by atoms with Crippen LogP contribution in [0.5, 0.6) is 5.75 Å². The van der Waals surface area contributed by atoms with Crippen LogP contribution in [0.3, 0.4) is 0 Å². The standard InChI is InChI=1S/C28H26ClF2N9O/c1-41-20-7-6-17(23(30)24(20)31)18-10-16(12-40-15-37-25-26(32)35-14-36-27(25)40)19(11-34-18)39-9-3-8-28(33,13-39)21-4-2-5-22(29)38-21/h2,4-7,10-11,14-15H,3,8-9,12-13,33H2,1H3,(H2,32,35,36)/t28-/m1/s1. The summed E-state index contributed by atoms with van der Waals surface area (Å²) in [6.07, 6.45) is 6.16. The number of methoxy groups -OCH3 is 1. The van der Waals surface area contributed by atoms with Crippen molar-refractivity contribution >= 4 is 34.3 Å². The van der Waals surface area contributed by atoms with Gasteiger partial charge >= 0.3 is 0 Å². The molecule has 1 aliphatic rings. The Bertz CT molecular complexity index is 1760. The summed E-state index contributed by atoms with van der Waals surface area (Å²) in [6, 6.07) is 9.97. The highest BCUT2D eigenvalue weighted by Crippen LogP contribution is 2.36. The summed E-state index contributed by atoms with van der Waals surface area (Å²) in [5, 5.41) is 0.373. The summed E-state index contributed by atoms with van der Waals surface area (Å²) < 4.78 is 36.4. The molecule has 6 rings (SSSR count). The van der Waals surface area contributed by atoms with E-state index in [0.717, 1.165) is 24.1 Å². The number of hydrogen-bond donors (Lipinski definition) is 2. The number of anilines is 2. The molecule has 1 fully saturated rings. The first-order valence-corrected chi connectivity index (χ1v) is 13.2. The van der Waals surface area contributed by atoms with Crippen molar-refractivity contribution in [2.24, 2.45) is 5.73 Å². The second-order valence-electron chi connectivity index (χ2n) is 9.97. The zero-order valence-corrected chi connectivity index (χ0v) is 22.8. The van der Waals surface area contributed by atoms with Gasteiger partial charge in [0, 0.05) is 18.7 Å². The Kier molecular flexibility index (Phi) is 6.88. The van der Waals surface area contributed by atoms with Crippen molar-refractivity contribution < 1.29 is 13.5 Å². The summed E-state index contributed by atoms with van der Waals surface area (Å²) in [6.45, 7) is 1.44. The molecule has 0 bridgehead atoms. The van der Waals surface area contributed by atoms with Crippen LogP contribution in [-0.4, -0.2) is 49.7 Å². The van der Waals surface area contributed by atoms with Gasteiger partial charge in [-0.2, -0.15) is 4.39 Å². The highest BCUT2D eigenvalue weighted by molar-refractivity contribution is 6.29. The van der Waals surface area contributed by atoms with Crippen LogP contribution in [0.15, 0.2) is 55.2 Å². The van der Waals surface area contributed by atoms with E-state index in [4.69, 9.17) is 27.8 Å². The fourth-order valence-electron chi connectivity index (χ4n) is 5.32. The van der Waals surface area contributed by atoms with E-state index in [0.29, 0.717) is 41.6 Å². The van der Waals surface area contributed by atoms with Gasteiger partial charge in [0.25, 0.3) is 0 Å². The van der Waals surface area contributed by atoms with E-state index < -0.39 is 17.2 Å². The number of hydrogen-bond acceptors (Lipinski definition) is 9. The van der Waals surface area contributed by atoms with Crippen LogP contribution >= 0.6 is 11.6 Å². The molecule has 10 nitrogen and oxygen atoms in total. The lowest BCUT2D eigenvalue weighted by atomic mass is 9.86. The van der Waals surface area contributed by atoms with Crippen LogP contribution in [0.25, 0.3) is 22.4 Å². The van der Waals surface area contributed by atoms with Crippen molar-refractivity contribution in [3.05, 3.63) is 83.3 Å². The third-order valence-electron chi connectivity index (χ3n) is 7.37. The molecule has 0 aliphatic carbocycles. The zero-order valence-electron chi connectivity index (χ0n) is 22.1. The summed E-state index contributed by atoms with van der Waals surface area (Å²) in [4.78, 5) is 23.9. The van der Waals surface area contributed by atoms with E-state index in [9.17, 15) is 4.39 Å². The van der Waals surface area contributed by atoms with Crippen molar-refractivity contribution in [3.8, 4) is 17.0 Å². The predicted octanol–water partition coefficient (Wildman–Crippen LogP) is 4.31. The normalized spacial score (nSPS) is 17.2. The molecule has 0 saturated carbocycles. The SMILES string of the molecule is COc1ccc(-c2cc(Cn3cnc4c(N)ncnc43)c(N3CCC[C@](N)(c4cccc(Cl)n4)C3)cn2)c(F)c1F. The zero-order chi connectivity index (χ0) is 28.7. The van der Waals surface area contributed by atoms with Gasteiger partial charge < -0.3 is 25.7 Å². The first-order chi connectivity index (χ1) is 19.8. The number of aromatic nitrogens is 6. The molecular formula is C28H26ClF2N9O. The summed E-state index contributed by atoms with van der Waals surface area (Å²) >= 11 is 6.18. The fraction of sp³-hybridized carbons (Fsp3) is 0.250. The maximum atomic E-state index is 15.1. The van der Waals surface area contributed by atoms with Crippen LogP contribution in [0.2, 0.25) is 5.15 Å². The van der Waals surface area contributed by atoms with Crippen molar-refractivity contribution in [1.82, 2.24) is 29.5 Å². The van der Waals surface area contributed by atoms with E-state index in [1.54, 1.807) is 24.7 Å². The number of piperidine rings is 1. The molecule has 13 heteroatoms. The van der Waals surface area contributed by atoms with Gasteiger partial charge in [-0.05, 0) is 48.7 Å². The third-order valence-corrected chi connectivity index (χ3v) is 7.58. The molecule has 1 aromatic carbocycles. The van der Waals surface area contributed by atoms with Gasteiger partial charge in [-0.15, -0.1) is 0 Å². The Labute approximate surface area is 239 Å². The Morgan fingerprint density at radius 3 is 2.76 bits per heavy atom. The molecule has 210 valence electrons. The molecule has 1 aliphatic heterocycles. The highest BCUT2D eigenvalue weighted by Gasteiger charge is 2.36. The van der Waals surface area contributed by atoms with Crippen molar-refractivity contribution in [2.75, 3.05) is 30.8 Å². The summed E-state index contributed by atoms with van der Waals surface area (Å²) in [5.74, 6) is -2.05. The number of pyridine rings is 2.